The molecule has 0 aromatic carbocycles. The molecule has 1 aromatic rings. The summed E-state index contributed by atoms with van der Waals surface area (Å²) in [4.78, 5) is 9.71. The van der Waals surface area contributed by atoms with Crippen molar-refractivity contribution in [3.05, 3.63) is 22.8 Å². The Morgan fingerprint density at radius 2 is 2.05 bits per heavy atom. The number of methoxy groups -OCH3 is 1. The van der Waals surface area contributed by atoms with Crippen LogP contribution in [0.3, 0.4) is 0 Å². The lowest BCUT2D eigenvalue weighted by molar-refractivity contribution is -0.0167. The number of nitrogens with one attached hydrogen (secondary N) is 1. The zero-order chi connectivity index (χ0) is 13.3. The zero-order valence-electron chi connectivity index (χ0n) is 12.0. The van der Waals surface area contributed by atoms with E-state index in [1.165, 1.54) is 29.8 Å². The standard InChI is InChI=1S/C15H23N3O/c1-3-12-11-6-9-16-10-13(11)18-14(17-12)15(19-2)7-4-5-8-15/h16H,3-10H2,1-2H3. The first-order chi connectivity index (χ1) is 9.29. The Hall–Kier alpha value is -1.00. The summed E-state index contributed by atoms with van der Waals surface area (Å²) >= 11 is 0. The maximum Gasteiger partial charge on any atom is 0.160 e. The monoisotopic (exact) mass is 261 g/mol. The molecule has 0 unspecified atom stereocenters. The van der Waals surface area contributed by atoms with Crippen molar-refractivity contribution >= 4 is 0 Å². The minimum Gasteiger partial charge on any atom is -0.370 e. The third-order valence-corrected chi connectivity index (χ3v) is 4.57. The average Bonchev–Trinajstić information content (AvgIpc) is 2.96. The topological polar surface area (TPSA) is 47.0 Å². The van der Waals surface area contributed by atoms with Crippen LogP contribution in [0.4, 0.5) is 0 Å². The van der Waals surface area contributed by atoms with Crippen LogP contribution in [-0.2, 0) is 29.7 Å². The van der Waals surface area contributed by atoms with E-state index in [-0.39, 0.29) is 5.60 Å². The lowest BCUT2D eigenvalue weighted by atomic mass is 9.97. The Balaban J connectivity index is 2.06. The minimum atomic E-state index is -0.226. The lowest BCUT2D eigenvalue weighted by Crippen LogP contribution is -2.32. The Labute approximate surface area is 115 Å². The van der Waals surface area contributed by atoms with Crippen LogP contribution in [-0.4, -0.2) is 23.6 Å². The molecule has 19 heavy (non-hydrogen) atoms. The van der Waals surface area contributed by atoms with Crippen molar-refractivity contribution in [2.45, 2.75) is 57.6 Å². The van der Waals surface area contributed by atoms with Gasteiger partial charge in [0.15, 0.2) is 5.82 Å². The molecule has 0 bridgehead atoms. The second-order valence-corrected chi connectivity index (χ2v) is 5.61. The van der Waals surface area contributed by atoms with Crippen molar-refractivity contribution in [2.75, 3.05) is 13.7 Å². The highest BCUT2D eigenvalue weighted by Gasteiger charge is 2.39. The fraction of sp³-hybridized carbons (Fsp3) is 0.733. The molecule has 104 valence electrons. The molecule has 2 aliphatic rings. The number of aryl methyl sites for hydroxylation is 1. The average molecular weight is 261 g/mol. The molecule has 2 heterocycles. The highest BCUT2D eigenvalue weighted by Crippen LogP contribution is 2.40. The Kier molecular flexibility index (Phi) is 3.54. The molecule has 1 fully saturated rings. The summed E-state index contributed by atoms with van der Waals surface area (Å²) in [5.74, 6) is 0.923. The lowest BCUT2D eigenvalue weighted by Gasteiger charge is -2.28. The van der Waals surface area contributed by atoms with E-state index in [4.69, 9.17) is 14.7 Å². The number of ether oxygens (including phenoxy) is 1. The molecule has 1 aliphatic carbocycles. The van der Waals surface area contributed by atoms with Gasteiger partial charge in [0.25, 0.3) is 0 Å². The van der Waals surface area contributed by atoms with E-state index in [2.05, 4.69) is 12.2 Å². The van der Waals surface area contributed by atoms with Crippen LogP contribution in [0, 0.1) is 0 Å². The maximum atomic E-state index is 5.83. The van der Waals surface area contributed by atoms with Gasteiger partial charge in [-0.3, -0.25) is 0 Å². The first-order valence-electron chi connectivity index (χ1n) is 7.44. The van der Waals surface area contributed by atoms with Crippen LogP contribution in [0.2, 0.25) is 0 Å². The van der Waals surface area contributed by atoms with E-state index in [1.54, 1.807) is 7.11 Å². The Morgan fingerprint density at radius 1 is 1.26 bits per heavy atom. The second kappa shape index (κ2) is 5.17. The van der Waals surface area contributed by atoms with Gasteiger partial charge in [-0.15, -0.1) is 0 Å². The highest BCUT2D eigenvalue weighted by molar-refractivity contribution is 5.30. The van der Waals surface area contributed by atoms with Gasteiger partial charge in [-0.1, -0.05) is 6.92 Å². The summed E-state index contributed by atoms with van der Waals surface area (Å²) in [5, 5.41) is 3.41. The van der Waals surface area contributed by atoms with Gasteiger partial charge in [-0.05, 0) is 50.6 Å². The molecule has 0 saturated heterocycles. The minimum absolute atomic E-state index is 0.226. The number of hydrogen-bond acceptors (Lipinski definition) is 4. The third-order valence-electron chi connectivity index (χ3n) is 4.57. The number of nitrogens with zero attached hydrogens (tertiary/aromatic N) is 2. The van der Waals surface area contributed by atoms with Gasteiger partial charge in [-0.25, -0.2) is 9.97 Å². The van der Waals surface area contributed by atoms with Crippen LogP contribution >= 0.6 is 0 Å². The van der Waals surface area contributed by atoms with E-state index < -0.39 is 0 Å². The number of hydrogen-bond donors (Lipinski definition) is 1. The molecule has 0 amide bonds. The van der Waals surface area contributed by atoms with Crippen molar-refractivity contribution in [3.63, 3.8) is 0 Å². The predicted octanol–water partition coefficient (Wildman–Crippen LogP) is 2.10. The summed E-state index contributed by atoms with van der Waals surface area (Å²) in [5.41, 5.74) is 3.56. The number of aromatic nitrogens is 2. The molecule has 4 nitrogen and oxygen atoms in total. The van der Waals surface area contributed by atoms with Crippen molar-refractivity contribution < 1.29 is 4.74 Å². The highest BCUT2D eigenvalue weighted by atomic mass is 16.5. The van der Waals surface area contributed by atoms with Crippen molar-refractivity contribution in [2.24, 2.45) is 0 Å². The van der Waals surface area contributed by atoms with Gasteiger partial charge in [0.05, 0.1) is 5.69 Å². The zero-order valence-corrected chi connectivity index (χ0v) is 12.0. The molecule has 1 aromatic heterocycles. The normalized spacial score (nSPS) is 21.4. The van der Waals surface area contributed by atoms with E-state index in [0.717, 1.165) is 44.6 Å². The van der Waals surface area contributed by atoms with Gasteiger partial charge in [0.1, 0.15) is 5.60 Å². The quantitative estimate of drug-likeness (QED) is 0.905. The number of rotatable bonds is 3. The first-order valence-corrected chi connectivity index (χ1v) is 7.44. The third kappa shape index (κ3) is 2.17. The van der Waals surface area contributed by atoms with E-state index >= 15 is 0 Å². The molecular formula is C15H23N3O. The van der Waals surface area contributed by atoms with E-state index in [9.17, 15) is 0 Å². The maximum absolute atomic E-state index is 5.83. The van der Waals surface area contributed by atoms with Crippen LogP contribution in [0.15, 0.2) is 0 Å². The van der Waals surface area contributed by atoms with Crippen molar-refractivity contribution in [1.29, 1.82) is 0 Å². The smallest absolute Gasteiger partial charge is 0.160 e. The molecular weight excluding hydrogens is 238 g/mol. The van der Waals surface area contributed by atoms with Crippen LogP contribution in [0.1, 0.15) is 55.4 Å². The molecule has 0 spiro atoms. The van der Waals surface area contributed by atoms with Crippen molar-refractivity contribution in [1.82, 2.24) is 15.3 Å². The Bertz CT molecular complexity index is 449. The van der Waals surface area contributed by atoms with Crippen LogP contribution < -0.4 is 5.32 Å². The summed E-state index contributed by atoms with van der Waals surface area (Å²) in [7, 11) is 1.80. The summed E-state index contributed by atoms with van der Waals surface area (Å²) in [6.07, 6.45) is 6.58. The molecule has 1 saturated carbocycles. The molecule has 4 heteroatoms. The largest absolute Gasteiger partial charge is 0.370 e. The number of fused-ring (bicyclic) bond motifs is 1. The van der Waals surface area contributed by atoms with Gasteiger partial charge in [0, 0.05) is 19.3 Å². The summed E-state index contributed by atoms with van der Waals surface area (Å²) in [6.45, 7) is 4.10. The van der Waals surface area contributed by atoms with Gasteiger partial charge >= 0.3 is 0 Å². The molecule has 0 radical (unpaired) electrons. The summed E-state index contributed by atoms with van der Waals surface area (Å²) < 4.78 is 5.83. The summed E-state index contributed by atoms with van der Waals surface area (Å²) in [6, 6.07) is 0. The molecule has 1 aliphatic heterocycles. The fourth-order valence-electron chi connectivity index (χ4n) is 3.40. The predicted molar refractivity (Wildman–Crippen MR) is 74.0 cm³/mol. The fourth-order valence-corrected chi connectivity index (χ4v) is 3.40. The van der Waals surface area contributed by atoms with Crippen LogP contribution in [0.5, 0.6) is 0 Å². The first kappa shape index (κ1) is 13.0. The molecule has 0 atom stereocenters. The van der Waals surface area contributed by atoms with Crippen LogP contribution in [0.25, 0.3) is 0 Å². The van der Waals surface area contributed by atoms with Gasteiger partial charge < -0.3 is 10.1 Å². The van der Waals surface area contributed by atoms with Crippen molar-refractivity contribution in [3.8, 4) is 0 Å². The SMILES string of the molecule is CCc1nc(C2(OC)CCCC2)nc2c1CCNC2. The van der Waals surface area contributed by atoms with Gasteiger partial charge in [0.2, 0.25) is 0 Å². The van der Waals surface area contributed by atoms with E-state index in [0.29, 0.717) is 0 Å². The Morgan fingerprint density at radius 3 is 2.74 bits per heavy atom. The van der Waals surface area contributed by atoms with Gasteiger partial charge in [-0.2, -0.15) is 0 Å². The molecule has 1 N–H and O–H groups in total. The molecule has 3 rings (SSSR count). The second-order valence-electron chi connectivity index (χ2n) is 5.61. The van der Waals surface area contributed by atoms with E-state index in [1.807, 2.05) is 0 Å².